The summed E-state index contributed by atoms with van der Waals surface area (Å²) in [5.41, 5.74) is 0. The number of carboxylic acid groups (broad SMARTS) is 1. The molecule has 104 valence electrons. The number of aromatic carboxylic acids is 1. The van der Waals surface area contributed by atoms with Crippen molar-refractivity contribution in [1.82, 2.24) is 5.32 Å². The minimum absolute atomic E-state index is 0.0152. The molecule has 0 unspecified atom stereocenters. The Morgan fingerprint density at radius 3 is 2.68 bits per heavy atom. The van der Waals surface area contributed by atoms with E-state index in [0.717, 1.165) is 16.2 Å². The summed E-state index contributed by atoms with van der Waals surface area (Å²) in [6.07, 6.45) is -0.865. The fourth-order valence-corrected chi connectivity index (χ4v) is 2.00. The Hall–Kier alpha value is -2.09. The van der Waals surface area contributed by atoms with Crippen LogP contribution in [0.5, 0.6) is 5.75 Å². The van der Waals surface area contributed by atoms with Gasteiger partial charge in [-0.1, -0.05) is 0 Å². The van der Waals surface area contributed by atoms with E-state index < -0.39 is 24.6 Å². The number of amides is 2. The first-order valence-electron chi connectivity index (χ1n) is 5.37. The molecule has 0 radical (unpaired) electrons. The van der Waals surface area contributed by atoms with E-state index in [-0.39, 0.29) is 17.2 Å². The number of aryl methyl sites for hydroxylation is 1. The second kappa shape index (κ2) is 6.74. The highest BCUT2D eigenvalue weighted by Gasteiger charge is 2.17. The van der Waals surface area contributed by atoms with Crippen molar-refractivity contribution in [3.8, 4) is 5.75 Å². The Bertz CT molecular complexity index is 495. The maximum atomic E-state index is 11.3. The number of rotatable bonds is 5. The van der Waals surface area contributed by atoms with Crippen LogP contribution in [0.1, 0.15) is 21.5 Å². The van der Waals surface area contributed by atoms with Gasteiger partial charge in [-0.3, -0.25) is 10.1 Å². The Kier molecular flexibility index (Phi) is 5.31. The zero-order chi connectivity index (χ0) is 14.4. The van der Waals surface area contributed by atoms with Crippen LogP contribution < -0.4 is 10.1 Å². The third kappa shape index (κ3) is 4.59. The molecule has 1 rings (SSSR count). The molecule has 0 saturated heterocycles. The van der Waals surface area contributed by atoms with Crippen molar-refractivity contribution < 1.29 is 29.0 Å². The molecule has 2 N–H and O–H groups in total. The fourth-order valence-electron chi connectivity index (χ4n) is 1.21. The third-order valence-electron chi connectivity index (χ3n) is 1.89. The smallest absolute Gasteiger partial charge is 0.413 e. The van der Waals surface area contributed by atoms with Crippen molar-refractivity contribution in [3.05, 3.63) is 15.8 Å². The molecule has 0 saturated carbocycles. The molecule has 8 heteroatoms. The van der Waals surface area contributed by atoms with Crippen molar-refractivity contribution in [2.24, 2.45) is 0 Å². The first kappa shape index (κ1) is 15.0. The molecule has 1 aromatic rings. The molecule has 19 heavy (non-hydrogen) atoms. The minimum atomic E-state index is -1.13. The van der Waals surface area contributed by atoms with Gasteiger partial charge in [-0.2, -0.15) is 0 Å². The van der Waals surface area contributed by atoms with Gasteiger partial charge < -0.3 is 14.6 Å². The van der Waals surface area contributed by atoms with Crippen LogP contribution in [-0.2, 0) is 9.53 Å². The van der Waals surface area contributed by atoms with Gasteiger partial charge in [0.1, 0.15) is 5.75 Å². The lowest BCUT2D eigenvalue weighted by molar-refractivity contribution is -0.122. The highest BCUT2D eigenvalue weighted by atomic mass is 32.1. The van der Waals surface area contributed by atoms with E-state index >= 15 is 0 Å². The summed E-state index contributed by atoms with van der Waals surface area (Å²) in [6, 6.07) is 1.52. The topological polar surface area (TPSA) is 102 Å². The van der Waals surface area contributed by atoms with Gasteiger partial charge in [0.05, 0.1) is 6.61 Å². The molecule has 1 aromatic heterocycles. The summed E-state index contributed by atoms with van der Waals surface area (Å²) in [4.78, 5) is 33.9. The Labute approximate surface area is 113 Å². The first-order chi connectivity index (χ1) is 8.93. The fraction of sp³-hybridized carbons (Fsp3) is 0.364. The number of carboxylic acids is 1. The van der Waals surface area contributed by atoms with Crippen LogP contribution in [0.3, 0.4) is 0 Å². The quantitative estimate of drug-likeness (QED) is 0.848. The van der Waals surface area contributed by atoms with Crippen LogP contribution in [0.25, 0.3) is 0 Å². The largest absolute Gasteiger partial charge is 0.482 e. The maximum Gasteiger partial charge on any atom is 0.413 e. The summed E-state index contributed by atoms with van der Waals surface area (Å²) in [6.45, 7) is 3.01. The van der Waals surface area contributed by atoms with Gasteiger partial charge in [0.15, 0.2) is 11.5 Å². The van der Waals surface area contributed by atoms with E-state index in [4.69, 9.17) is 9.84 Å². The maximum absolute atomic E-state index is 11.3. The van der Waals surface area contributed by atoms with Gasteiger partial charge in [0, 0.05) is 4.88 Å². The average molecular weight is 287 g/mol. The predicted octanol–water partition coefficient (Wildman–Crippen LogP) is 1.41. The lowest BCUT2D eigenvalue weighted by Gasteiger charge is -2.06. The lowest BCUT2D eigenvalue weighted by Crippen LogP contribution is -2.34. The van der Waals surface area contributed by atoms with E-state index in [1.165, 1.54) is 6.07 Å². The van der Waals surface area contributed by atoms with Crippen LogP contribution in [0.15, 0.2) is 6.07 Å². The minimum Gasteiger partial charge on any atom is -0.482 e. The predicted molar refractivity (Wildman–Crippen MR) is 66.7 cm³/mol. The van der Waals surface area contributed by atoms with Gasteiger partial charge in [0.25, 0.3) is 5.91 Å². The number of imide groups is 1. The van der Waals surface area contributed by atoms with E-state index in [0.29, 0.717) is 0 Å². The van der Waals surface area contributed by atoms with Crippen LogP contribution in [0, 0.1) is 6.92 Å². The summed E-state index contributed by atoms with van der Waals surface area (Å²) in [5, 5.41) is 10.9. The zero-order valence-electron chi connectivity index (χ0n) is 10.4. The second-order valence-corrected chi connectivity index (χ2v) is 4.67. The number of carbonyl (C=O) groups is 3. The Morgan fingerprint density at radius 1 is 1.42 bits per heavy atom. The van der Waals surface area contributed by atoms with Gasteiger partial charge >= 0.3 is 12.1 Å². The summed E-state index contributed by atoms with van der Waals surface area (Å²) >= 11 is 1.05. The highest BCUT2D eigenvalue weighted by Crippen LogP contribution is 2.28. The number of thiophene rings is 1. The van der Waals surface area contributed by atoms with Crippen molar-refractivity contribution in [2.75, 3.05) is 13.2 Å². The molecule has 0 spiro atoms. The number of hydrogen-bond acceptors (Lipinski definition) is 6. The molecule has 7 nitrogen and oxygen atoms in total. The van der Waals surface area contributed by atoms with E-state index in [1.54, 1.807) is 13.8 Å². The molecular weight excluding hydrogens is 274 g/mol. The van der Waals surface area contributed by atoms with Crippen LogP contribution in [0.4, 0.5) is 4.79 Å². The van der Waals surface area contributed by atoms with Gasteiger partial charge in [-0.05, 0) is 19.9 Å². The molecule has 0 bridgehead atoms. The normalized spacial score (nSPS) is 9.79. The first-order valence-corrected chi connectivity index (χ1v) is 6.18. The number of hydrogen-bond donors (Lipinski definition) is 2. The third-order valence-corrected chi connectivity index (χ3v) is 2.91. The average Bonchev–Trinajstić information content (AvgIpc) is 2.68. The van der Waals surface area contributed by atoms with Crippen LogP contribution in [0.2, 0.25) is 0 Å². The van der Waals surface area contributed by atoms with Gasteiger partial charge in [-0.15, -0.1) is 11.3 Å². The molecule has 2 amide bonds. The van der Waals surface area contributed by atoms with Crippen LogP contribution >= 0.6 is 11.3 Å². The SMILES string of the molecule is CCOC(=O)NC(=O)COc1cc(C)sc1C(=O)O. The molecule has 0 aliphatic heterocycles. The summed E-state index contributed by atoms with van der Waals surface area (Å²) in [7, 11) is 0. The molecule has 0 aliphatic carbocycles. The van der Waals surface area contributed by atoms with E-state index in [2.05, 4.69) is 4.74 Å². The Morgan fingerprint density at radius 2 is 2.11 bits per heavy atom. The number of ether oxygens (including phenoxy) is 2. The van der Waals surface area contributed by atoms with Crippen molar-refractivity contribution in [2.45, 2.75) is 13.8 Å². The van der Waals surface area contributed by atoms with E-state index in [9.17, 15) is 14.4 Å². The standard InChI is InChI=1S/C11H13NO6S/c1-3-17-11(16)12-8(13)5-18-7-4-6(2)19-9(7)10(14)15/h4H,3,5H2,1-2H3,(H,14,15)(H,12,13,16). The lowest BCUT2D eigenvalue weighted by atomic mass is 10.4. The highest BCUT2D eigenvalue weighted by molar-refractivity contribution is 7.14. The van der Waals surface area contributed by atoms with E-state index in [1.807, 2.05) is 5.32 Å². The zero-order valence-corrected chi connectivity index (χ0v) is 11.2. The number of carbonyl (C=O) groups excluding carboxylic acids is 2. The van der Waals surface area contributed by atoms with Gasteiger partial charge in [0.2, 0.25) is 0 Å². The summed E-state index contributed by atoms with van der Waals surface area (Å²) in [5.74, 6) is -1.73. The molecular formula is C11H13NO6S. The number of alkyl carbamates (subject to hydrolysis) is 1. The van der Waals surface area contributed by atoms with Gasteiger partial charge in [-0.25, -0.2) is 9.59 Å². The second-order valence-electron chi connectivity index (χ2n) is 3.41. The molecule has 0 aliphatic rings. The van der Waals surface area contributed by atoms with Crippen LogP contribution in [-0.4, -0.2) is 36.3 Å². The van der Waals surface area contributed by atoms with Crippen molar-refractivity contribution in [3.63, 3.8) is 0 Å². The molecule has 0 fully saturated rings. The van der Waals surface area contributed by atoms with Crippen molar-refractivity contribution in [1.29, 1.82) is 0 Å². The monoisotopic (exact) mass is 287 g/mol. The molecule has 0 aromatic carbocycles. The number of nitrogens with one attached hydrogen (secondary N) is 1. The molecule has 1 heterocycles. The molecule has 0 atom stereocenters. The van der Waals surface area contributed by atoms with Crippen molar-refractivity contribution >= 4 is 29.3 Å². The summed E-state index contributed by atoms with van der Waals surface area (Å²) < 4.78 is 9.58. The Balaban J connectivity index is 2.55.